The molecule has 1 aromatic carbocycles. The zero-order valence-corrected chi connectivity index (χ0v) is 15.8. The third kappa shape index (κ3) is 5.17. The Bertz CT molecular complexity index is 1000. The molecule has 0 saturated carbocycles. The average molecular weight is 395 g/mol. The summed E-state index contributed by atoms with van der Waals surface area (Å²) in [5.74, 6) is -1.85. The van der Waals surface area contributed by atoms with Crippen LogP contribution in [-0.4, -0.2) is 44.4 Å². The van der Waals surface area contributed by atoms with E-state index in [-0.39, 0.29) is 24.6 Å². The molecule has 2 aromatic heterocycles. The first-order chi connectivity index (χ1) is 13.9. The molecule has 0 bridgehead atoms. The predicted octanol–water partition coefficient (Wildman–Crippen LogP) is 1.46. The van der Waals surface area contributed by atoms with Crippen LogP contribution in [0.1, 0.15) is 15.9 Å². The van der Waals surface area contributed by atoms with E-state index in [9.17, 15) is 14.7 Å². The fourth-order valence-corrected chi connectivity index (χ4v) is 2.66. The highest BCUT2D eigenvalue weighted by atomic mass is 16.5. The molecule has 1 amide bonds. The van der Waals surface area contributed by atoms with E-state index in [1.165, 1.54) is 6.20 Å². The number of pyridine rings is 1. The van der Waals surface area contributed by atoms with Crippen LogP contribution < -0.4 is 11.1 Å². The van der Waals surface area contributed by atoms with E-state index < -0.39 is 17.9 Å². The molecule has 150 valence electrons. The van der Waals surface area contributed by atoms with Crippen molar-refractivity contribution in [3.05, 3.63) is 66.1 Å². The molecule has 0 saturated heterocycles. The Morgan fingerprint density at radius 1 is 1.24 bits per heavy atom. The molecular formula is C20H21N5O4. The molecular weight excluding hydrogens is 374 g/mol. The van der Waals surface area contributed by atoms with E-state index in [4.69, 9.17) is 10.5 Å². The first kappa shape index (κ1) is 20.0. The summed E-state index contributed by atoms with van der Waals surface area (Å²) in [5, 5.41) is 15.9. The first-order valence-corrected chi connectivity index (χ1v) is 8.84. The lowest BCUT2D eigenvalue weighted by molar-refractivity contribution is -0.141. The van der Waals surface area contributed by atoms with Crippen LogP contribution in [0.5, 0.6) is 0 Å². The number of benzene rings is 1. The minimum absolute atomic E-state index is 0.00415. The molecule has 0 fully saturated rings. The number of anilines is 1. The van der Waals surface area contributed by atoms with Gasteiger partial charge in [-0.05, 0) is 11.6 Å². The minimum Gasteiger partial charge on any atom is -0.480 e. The smallest absolute Gasteiger partial charge is 0.328 e. The lowest BCUT2D eigenvalue weighted by Gasteiger charge is -2.16. The molecule has 4 N–H and O–H groups in total. The number of rotatable bonds is 8. The van der Waals surface area contributed by atoms with Gasteiger partial charge in [0.25, 0.3) is 5.91 Å². The van der Waals surface area contributed by atoms with Crippen molar-refractivity contribution in [3.8, 4) is 11.1 Å². The second-order valence-electron chi connectivity index (χ2n) is 6.42. The summed E-state index contributed by atoms with van der Waals surface area (Å²) in [6, 6.07) is 9.66. The number of ether oxygens (including phenoxy) is 1. The second-order valence-corrected chi connectivity index (χ2v) is 6.42. The number of carboxylic acids is 1. The highest BCUT2D eigenvalue weighted by molar-refractivity contribution is 6.01. The maximum Gasteiger partial charge on any atom is 0.328 e. The molecule has 9 heteroatoms. The summed E-state index contributed by atoms with van der Waals surface area (Å²) in [5.41, 5.74) is 8.22. The maximum atomic E-state index is 12.6. The van der Waals surface area contributed by atoms with Crippen molar-refractivity contribution in [3.63, 3.8) is 0 Å². The topological polar surface area (TPSA) is 132 Å². The van der Waals surface area contributed by atoms with Gasteiger partial charge in [0.05, 0.1) is 25.0 Å². The van der Waals surface area contributed by atoms with E-state index in [0.717, 1.165) is 11.1 Å². The molecule has 0 unspecified atom stereocenters. The molecule has 0 aliphatic heterocycles. The Balaban J connectivity index is 1.68. The van der Waals surface area contributed by atoms with Gasteiger partial charge in [-0.1, -0.05) is 30.3 Å². The summed E-state index contributed by atoms with van der Waals surface area (Å²) in [6.07, 6.45) is 4.93. The van der Waals surface area contributed by atoms with Crippen LogP contribution in [0.4, 0.5) is 5.82 Å². The van der Waals surface area contributed by atoms with Crippen molar-refractivity contribution in [1.29, 1.82) is 0 Å². The van der Waals surface area contributed by atoms with Crippen molar-refractivity contribution < 1.29 is 19.4 Å². The van der Waals surface area contributed by atoms with Gasteiger partial charge >= 0.3 is 5.97 Å². The maximum absolute atomic E-state index is 12.6. The molecule has 2 heterocycles. The van der Waals surface area contributed by atoms with Gasteiger partial charge in [0, 0.05) is 30.6 Å². The molecule has 0 aliphatic rings. The van der Waals surface area contributed by atoms with Gasteiger partial charge in [0.2, 0.25) is 0 Å². The summed E-state index contributed by atoms with van der Waals surface area (Å²) in [4.78, 5) is 28.2. The molecule has 0 aliphatic carbocycles. The Hall–Kier alpha value is -3.72. The molecule has 1 atom stereocenters. The number of hydrogen-bond acceptors (Lipinski definition) is 6. The molecule has 3 rings (SSSR count). The number of nitrogen functional groups attached to an aromatic ring is 1. The molecule has 9 nitrogen and oxygen atoms in total. The molecule has 3 aromatic rings. The fourth-order valence-electron chi connectivity index (χ4n) is 2.66. The van der Waals surface area contributed by atoms with Gasteiger partial charge in [-0.2, -0.15) is 5.10 Å². The highest BCUT2D eigenvalue weighted by Crippen LogP contribution is 2.21. The van der Waals surface area contributed by atoms with E-state index in [1.807, 2.05) is 30.3 Å². The second kappa shape index (κ2) is 8.98. The Morgan fingerprint density at radius 3 is 2.66 bits per heavy atom. The normalized spacial score (nSPS) is 11.8. The van der Waals surface area contributed by atoms with E-state index in [1.54, 1.807) is 30.2 Å². The zero-order chi connectivity index (χ0) is 20.8. The Labute approximate surface area is 167 Å². The Kier molecular flexibility index (Phi) is 6.20. The minimum atomic E-state index is -1.23. The molecule has 0 spiro atoms. The van der Waals surface area contributed by atoms with Crippen LogP contribution in [0.2, 0.25) is 0 Å². The largest absolute Gasteiger partial charge is 0.480 e. The number of nitrogens with two attached hydrogens (primary N) is 1. The zero-order valence-electron chi connectivity index (χ0n) is 15.8. The standard InChI is InChI=1S/C20H21N5O4/c1-25-10-15(9-23-25)14-7-16(18(21)22-8-14)19(26)24-17(20(27)28)12-29-11-13-5-3-2-4-6-13/h2-10,17H,11-12H2,1H3,(H2,21,22)(H,24,26)(H,27,28)/t17-/m0/s1. The monoisotopic (exact) mass is 395 g/mol. The van der Waals surface area contributed by atoms with Crippen LogP contribution in [-0.2, 0) is 23.2 Å². The number of hydrogen-bond donors (Lipinski definition) is 3. The van der Waals surface area contributed by atoms with Crippen molar-refractivity contribution in [1.82, 2.24) is 20.1 Å². The van der Waals surface area contributed by atoms with Gasteiger partial charge in [-0.25, -0.2) is 9.78 Å². The van der Waals surface area contributed by atoms with E-state index in [2.05, 4.69) is 15.4 Å². The highest BCUT2D eigenvalue weighted by Gasteiger charge is 2.23. The number of carboxylic acid groups (broad SMARTS) is 1. The van der Waals surface area contributed by atoms with E-state index in [0.29, 0.717) is 5.56 Å². The SMILES string of the molecule is Cn1cc(-c2cnc(N)c(C(=O)N[C@@H](COCc3ccccc3)C(=O)O)c2)cn1. The third-order valence-corrected chi connectivity index (χ3v) is 4.20. The number of carbonyl (C=O) groups excluding carboxylic acids is 1. The number of aliphatic carboxylic acids is 1. The summed E-state index contributed by atoms with van der Waals surface area (Å²) < 4.78 is 7.07. The van der Waals surface area contributed by atoms with Crippen LogP contribution >= 0.6 is 0 Å². The fraction of sp³-hybridized carbons (Fsp3) is 0.200. The van der Waals surface area contributed by atoms with Crippen LogP contribution in [0.25, 0.3) is 11.1 Å². The number of aryl methyl sites for hydroxylation is 1. The van der Waals surface area contributed by atoms with Crippen molar-refractivity contribution >= 4 is 17.7 Å². The van der Waals surface area contributed by atoms with Gasteiger partial charge in [0.15, 0.2) is 6.04 Å². The van der Waals surface area contributed by atoms with Gasteiger partial charge in [-0.15, -0.1) is 0 Å². The van der Waals surface area contributed by atoms with Crippen LogP contribution in [0, 0.1) is 0 Å². The number of nitrogens with one attached hydrogen (secondary N) is 1. The van der Waals surface area contributed by atoms with Crippen molar-refractivity contribution in [2.24, 2.45) is 7.05 Å². The van der Waals surface area contributed by atoms with Gasteiger partial charge in [-0.3, -0.25) is 9.48 Å². The summed E-state index contributed by atoms with van der Waals surface area (Å²) >= 11 is 0. The number of nitrogens with zero attached hydrogens (tertiary/aromatic N) is 3. The lowest BCUT2D eigenvalue weighted by atomic mass is 10.1. The molecule has 0 radical (unpaired) electrons. The number of aromatic nitrogens is 3. The van der Waals surface area contributed by atoms with E-state index >= 15 is 0 Å². The number of amides is 1. The average Bonchev–Trinajstić information content (AvgIpc) is 3.14. The van der Waals surface area contributed by atoms with Crippen LogP contribution in [0.3, 0.4) is 0 Å². The van der Waals surface area contributed by atoms with Gasteiger partial charge in [0.1, 0.15) is 5.82 Å². The van der Waals surface area contributed by atoms with Crippen molar-refractivity contribution in [2.45, 2.75) is 12.6 Å². The predicted molar refractivity (Wildman–Crippen MR) is 106 cm³/mol. The quantitative estimate of drug-likeness (QED) is 0.526. The molecule has 29 heavy (non-hydrogen) atoms. The lowest BCUT2D eigenvalue weighted by Crippen LogP contribution is -2.44. The number of carbonyl (C=O) groups is 2. The van der Waals surface area contributed by atoms with Gasteiger partial charge < -0.3 is 20.9 Å². The van der Waals surface area contributed by atoms with Crippen LogP contribution in [0.15, 0.2) is 55.0 Å². The summed E-state index contributed by atoms with van der Waals surface area (Å²) in [6.45, 7) is 0.0479. The Morgan fingerprint density at radius 2 is 2.00 bits per heavy atom. The third-order valence-electron chi connectivity index (χ3n) is 4.20. The first-order valence-electron chi connectivity index (χ1n) is 8.84. The summed E-state index contributed by atoms with van der Waals surface area (Å²) in [7, 11) is 1.77. The van der Waals surface area contributed by atoms with Crippen molar-refractivity contribution in [2.75, 3.05) is 12.3 Å².